The summed E-state index contributed by atoms with van der Waals surface area (Å²) in [5.41, 5.74) is 1.13. The van der Waals surface area contributed by atoms with E-state index in [4.69, 9.17) is 9.90 Å². The van der Waals surface area contributed by atoms with Crippen LogP contribution in [-0.2, 0) is 4.79 Å². The van der Waals surface area contributed by atoms with Crippen LogP contribution in [0.2, 0.25) is 0 Å². The molecule has 0 saturated carbocycles. The van der Waals surface area contributed by atoms with Crippen molar-refractivity contribution in [1.29, 1.82) is 0 Å². The van der Waals surface area contributed by atoms with Gasteiger partial charge >= 0.3 is 12.1 Å². The highest BCUT2D eigenvalue weighted by Gasteiger charge is 2.38. The van der Waals surface area contributed by atoms with Crippen molar-refractivity contribution < 1.29 is 27.5 Å². The molecular weight excluding hydrogens is 304 g/mol. The van der Waals surface area contributed by atoms with Crippen LogP contribution >= 0.6 is 0 Å². The number of carbonyl (C=O) groups is 1. The second-order valence-electron chi connectivity index (χ2n) is 4.74. The van der Waals surface area contributed by atoms with Gasteiger partial charge in [0.2, 0.25) is 0 Å². The Kier molecular flexibility index (Phi) is 6.61. The summed E-state index contributed by atoms with van der Waals surface area (Å²) in [6.07, 6.45) is -3.97. The number of benzene rings is 1. The lowest BCUT2D eigenvalue weighted by atomic mass is 10.1. The molecule has 0 radical (unpaired) electrons. The summed E-state index contributed by atoms with van der Waals surface area (Å²) in [4.78, 5) is 11.3. The van der Waals surface area contributed by atoms with Gasteiger partial charge in [0.05, 0.1) is 0 Å². The van der Waals surface area contributed by atoms with Crippen LogP contribution in [0.5, 0.6) is 0 Å². The highest BCUT2D eigenvalue weighted by atomic mass is 19.4. The largest absolute Gasteiger partial charge is 0.490 e. The third-order valence-corrected chi connectivity index (χ3v) is 3.22. The number of rotatable bonds is 2. The van der Waals surface area contributed by atoms with Crippen molar-refractivity contribution in [2.24, 2.45) is 0 Å². The van der Waals surface area contributed by atoms with Gasteiger partial charge in [-0.15, -0.1) is 0 Å². The zero-order chi connectivity index (χ0) is 16.8. The van der Waals surface area contributed by atoms with E-state index in [0.29, 0.717) is 6.04 Å². The van der Waals surface area contributed by atoms with Crippen LogP contribution in [0.15, 0.2) is 24.3 Å². The first-order chi connectivity index (χ1) is 10.3. The fraction of sp³-hybridized carbons (Fsp3) is 0.500. The summed E-state index contributed by atoms with van der Waals surface area (Å²) < 4.78 is 44.5. The minimum atomic E-state index is -5.08. The number of aliphatic carboxylic acids is 1. The summed E-state index contributed by atoms with van der Waals surface area (Å²) in [5.74, 6) is -2.92. The minimum Gasteiger partial charge on any atom is -0.475 e. The predicted molar refractivity (Wildman–Crippen MR) is 74.4 cm³/mol. The van der Waals surface area contributed by atoms with Crippen molar-refractivity contribution in [2.75, 3.05) is 24.5 Å². The molecule has 22 heavy (non-hydrogen) atoms. The number of alkyl halides is 3. The van der Waals surface area contributed by atoms with Crippen LogP contribution in [0.1, 0.15) is 13.3 Å². The van der Waals surface area contributed by atoms with Crippen LogP contribution in [0.4, 0.5) is 23.2 Å². The Bertz CT molecular complexity index is 477. The molecule has 0 amide bonds. The van der Waals surface area contributed by atoms with Gasteiger partial charge in [0.25, 0.3) is 0 Å². The maximum atomic E-state index is 12.8. The molecule has 0 bridgehead atoms. The number of halogens is 4. The molecule has 2 N–H and O–H groups in total. The highest BCUT2D eigenvalue weighted by molar-refractivity contribution is 5.73. The van der Waals surface area contributed by atoms with Crippen LogP contribution in [0.25, 0.3) is 0 Å². The average Bonchev–Trinajstić information content (AvgIpc) is 2.47. The second-order valence-corrected chi connectivity index (χ2v) is 4.74. The van der Waals surface area contributed by atoms with Gasteiger partial charge in [-0.1, -0.05) is 6.92 Å². The lowest BCUT2D eigenvalue weighted by Gasteiger charge is -2.37. The smallest absolute Gasteiger partial charge is 0.475 e. The van der Waals surface area contributed by atoms with Crippen LogP contribution in [0.3, 0.4) is 0 Å². The summed E-state index contributed by atoms with van der Waals surface area (Å²) in [6.45, 7) is 5.22. The summed E-state index contributed by atoms with van der Waals surface area (Å²) in [5, 5.41) is 10.5. The Balaban J connectivity index is 0.000000295. The van der Waals surface area contributed by atoms with E-state index in [-0.39, 0.29) is 5.82 Å². The third-order valence-electron chi connectivity index (χ3n) is 3.22. The average molecular weight is 322 g/mol. The van der Waals surface area contributed by atoms with Crippen molar-refractivity contribution in [3.05, 3.63) is 30.1 Å². The Morgan fingerprint density at radius 1 is 1.36 bits per heavy atom. The SMILES string of the molecule is CC[C@@H]1CNCCN1c1ccc(F)cc1.O=C(O)C(F)(F)F. The van der Waals surface area contributed by atoms with E-state index in [1.807, 2.05) is 12.1 Å². The van der Waals surface area contributed by atoms with Crippen LogP contribution < -0.4 is 10.2 Å². The van der Waals surface area contributed by atoms with Gasteiger partial charge < -0.3 is 15.3 Å². The molecular formula is C14H18F4N2O2. The maximum absolute atomic E-state index is 12.8. The molecule has 1 aromatic carbocycles. The summed E-state index contributed by atoms with van der Waals surface area (Å²) in [6, 6.07) is 7.32. The molecule has 0 aliphatic carbocycles. The topological polar surface area (TPSA) is 52.6 Å². The number of hydrogen-bond acceptors (Lipinski definition) is 3. The van der Waals surface area contributed by atoms with E-state index < -0.39 is 12.1 Å². The zero-order valence-electron chi connectivity index (χ0n) is 12.0. The van der Waals surface area contributed by atoms with Crippen LogP contribution in [0, 0.1) is 5.82 Å². The zero-order valence-corrected chi connectivity index (χ0v) is 12.0. The van der Waals surface area contributed by atoms with Crippen LogP contribution in [-0.4, -0.2) is 42.9 Å². The first kappa shape index (κ1) is 18.2. The highest BCUT2D eigenvalue weighted by Crippen LogP contribution is 2.20. The standard InChI is InChI=1S/C12H17FN2.C2HF3O2/c1-2-11-9-14-7-8-15(11)12-5-3-10(13)4-6-12;3-2(4,5)1(6)7/h3-6,11,14H,2,7-9H2,1H3;(H,6,7)/t11-;/m1./s1. The van der Waals surface area contributed by atoms with E-state index in [0.717, 1.165) is 31.7 Å². The third kappa shape index (κ3) is 5.51. The Morgan fingerprint density at radius 3 is 2.36 bits per heavy atom. The molecule has 1 aliphatic heterocycles. The Labute approximate surface area is 125 Å². The molecule has 1 aromatic rings. The second kappa shape index (κ2) is 7.98. The lowest BCUT2D eigenvalue weighted by Crippen LogP contribution is -2.51. The molecule has 1 fully saturated rings. The van der Waals surface area contributed by atoms with E-state index in [1.165, 1.54) is 12.1 Å². The molecule has 4 nitrogen and oxygen atoms in total. The number of hydrogen-bond donors (Lipinski definition) is 2. The van der Waals surface area contributed by atoms with Gasteiger partial charge in [0.15, 0.2) is 0 Å². The van der Waals surface area contributed by atoms with Gasteiger partial charge in [-0.3, -0.25) is 0 Å². The Morgan fingerprint density at radius 2 is 1.91 bits per heavy atom. The molecule has 0 unspecified atom stereocenters. The first-order valence-corrected chi connectivity index (χ1v) is 6.78. The number of anilines is 1. The quantitative estimate of drug-likeness (QED) is 0.822. The molecule has 0 aromatic heterocycles. The molecule has 124 valence electrons. The summed E-state index contributed by atoms with van der Waals surface area (Å²) in [7, 11) is 0. The Hall–Kier alpha value is -1.83. The summed E-state index contributed by atoms with van der Waals surface area (Å²) >= 11 is 0. The monoisotopic (exact) mass is 322 g/mol. The van der Waals surface area contributed by atoms with E-state index in [1.54, 1.807) is 0 Å². The van der Waals surface area contributed by atoms with Gasteiger partial charge in [-0.05, 0) is 30.7 Å². The number of nitrogens with zero attached hydrogens (tertiary/aromatic N) is 1. The normalized spacial score (nSPS) is 18.4. The number of nitrogens with one attached hydrogen (secondary N) is 1. The molecule has 1 saturated heterocycles. The minimum absolute atomic E-state index is 0.165. The maximum Gasteiger partial charge on any atom is 0.490 e. The van der Waals surface area contributed by atoms with Crippen molar-refractivity contribution in [3.8, 4) is 0 Å². The number of carboxylic acid groups (broad SMARTS) is 1. The molecule has 1 aliphatic rings. The number of piperazine rings is 1. The van der Waals surface area contributed by atoms with Crippen molar-refractivity contribution in [3.63, 3.8) is 0 Å². The fourth-order valence-electron chi connectivity index (χ4n) is 2.10. The fourth-order valence-corrected chi connectivity index (χ4v) is 2.10. The predicted octanol–water partition coefficient (Wildman–Crippen LogP) is 2.65. The molecule has 8 heteroatoms. The van der Waals surface area contributed by atoms with Gasteiger partial charge in [-0.2, -0.15) is 13.2 Å². The van der Waals surface area contributed by atoms with E-state index in [2.05, 4.69) is 17.1 Å². The van der Waals surface area contributed by atoms with Crippen molar-refractivity contribution >= 4 is 11.7 Å². The van der Waals surface area contributed by atoms with E-state index >= 15 is 0 Å². The lowest BCUT2D eigenvalue weighted by molar-refractivity contribution is -0.192. The molecule has 1 atom stereocenters. The molecule has 2 rings (SSSR count). The van der Waals surface area contributed by atoms with Crippen molar-refractivity contribution in [1.82, 2.24) is 5.32 Å². The van der Waals surface area contributed by atoms with E-state index in [9.17, 15) is 17.6 Å². The molecule has 1 heterocycles. The first-order valence-electron chi connectivity index (χ1n) is 6.78. The number of carboxylic acids is 1. The van der Waals surface area contributed by atoms with Gasteiger partial charge in [0, 0.05) is 31.4 Å². The van der Waals surface area contributed by atoms with Crippen molar-refractivity contribution in [2.45, 2.75) is 25.6 Å². The van der Waals surface area contributed by atoms with Gasteiger partial charge in [-0.25, -0.2) is 9.18 Å². The van der Waals surface area contributed by atoms with Gasteiger partial charge in [0.1, 0.15) is 5.82 Å². The molecule has 0 spiro atoms.